The third kappa shape index (κ3) is 3.62. The van der Waals surface area contributed by atoms with Crippen LogP contribution in [0.4, 0.5) is 0 Å². The monoisotopic (exact) mass is 324 g/mol. The highest BCUT2D eigenvalue weighted by atomic mass is 35.5. The molecule has 0 heterocycles. The zero-order valence-corrected chi connectivity index (χ0v) is 12.8. The van der Waals surface area contributed by atoms with E-state index in [-0.39, 0.29) is 15.5 Å². The van der Waals surface area contributed by atoms with Gasteiger partial charge in [0.25, 0.3) is 0 Å². The molecule has 2 aromatic carbocycles. The Morgan fingerprint density at radius 3 is 2.29 bits per heavy atom. The lowest BCUT2D eigenvalue weighted by molar-refractivity contribution is 0.102. The van der Waals surface area contributed by atoms with Gasteiger partial charge in [-0.2, -0.15) is 0 Å². The first-order chi connectivity index (χ1) is 9.94. The van der Waals surface area contributed by atoms with Gasteiger partial charge in [0.1, 0.15) is 11.5 Å². The van der Waals surface area contributed by atoms with Gasteiger partial charge < -0.3 is 4.74 Å². The summed E-state index contributed by atoms with van der Waals surface area (Å²) >= 11 is 5.90. The molecular formula is C15H13ClO4S. The number of ether oxygens (including phenoxy) is 1. The minimum Gasteiger partial charge on any atom is -0.497 e. The highest BCUT2D eigenvalue weighted by Crippen LogP contribution is 2.20. The fourth-order valence-corrected chi connectivity index (χ4v) is 3.26. The van der Waals surface area contributed by atoms with Gasteiger partial charge in [0.05, 0.1) is 17.0 Å². The molecule has 0 aromatic heterocycles. The maximum atomic E-state index is 12.2. The van der Waals surface area contributed by atoms with Crippen molar-refractivity contribution in [1.29, 1.82) is 0 Å². The number of halogens is 1. The Kier molecular flexibility index (Phi) is 4.65. The largest absolute Gasteiger partial charge is 0.497 e. The van der Waals surface area contributed by atoms with Crippen LogP contribution in [0.2, 0.25) is 5.02 Å². The minimum absolute atomic E-state index is 0.0729. The minimum atomic E-state index is -3.71. The molecule has 0 aliphatic rings. The molecule has 21 heavy (non-hydrogen) atoms. The number of Topliss-reactive ketones (excluding diaryl/α,β-unsaturated/α-hetero) is 1. The SMILES string of the molecule is COc1ccc(S(=O)(=O)CC(=O)c2ccccc2Cl)cc1. The van der Waals surface area contributed by atoms with E-state index in [9.17, 15) is 13.2 Å². The van der Waals surface area contributed by atoms with E-state index in [1.54, 1.807) is 18.2 Å². The molecule has 0 unspecified atom stereocenters. The average molecular weight is 325 g/mol. The van der Waals surface area contributed by atoms with Crippen molar-refractivity contribution in [2.45, 2.75) is 4.90 Å². The van der Waals surface area contributed by atoms with Crippen molar-refractivity contribution in [3.63, 3.8) is 0 Å². The predicted octanol–water partition coefficient (Wildman–Crippen LogP) is 3.01. The molecule has 0 atom stereocenters. The summed E-state index contributed by atoms with van der Waals surface area (Å²) in [5.41, 5.74) is 0.205. The molecule has 0 spiro atoms. The summed E-state index contributed by atoms with van der Waals surface area (Å²) < 4.78 is 29.4. The normalized spacial score (nSPS) is 11.1. The molecule has 2 rings (SSSR count). The molecular weight excluding hydrogens is 312 g/mol. The standard InChI is InChI=1S/C15H13ClO4S/c1-20-11-6-8-12(9-7-11)21(18,19)10-15(17)13-4-2-3-5-14(13)16/h2-9H,10H2,1H3. The van der Waals surface area contributed by atoms with Crippen LogP contribution in [0.15, 0.2) is 53.4 Å². The molecule has 0 radical (unpaired) electrons. The molecule has 0 N–H and O–H groups in total. The summed E-state index contributed by atoms with van der Waals surface area (Å²) in [6.07, 6.45) is 0. The Hall–Kier alpha value is -1.85. The summed E-state index contributed by atoms with van der Waals surface area (Å²) in [6, 6.07) is 12.3. The zero-order chi connectivity index (χ0) is 15.5. The molecule has 0 aliphatic carbocycles. The van der Waals surface area contributed by atoms with Crippen molar-refractivity contribution in [2.75, 3.05) is 12.9 Å². The molecule has 0 saturated heterocycles. The molecule has 0 aliphatic heterocycles. The van der Waals surface area contributed by atoms with Gasteiger partial charge in [0.15, 0.2) is 15.6 Å². The van der Waals surface area contributed by atoms with Crippen LogP contribution in [-0.2, 0) is 9.84 Å². The molecule has 0 fully saturated rings. The first-order valence-electron chi connectivity index (χ1n) is 6.08. The van der Waals surface area contributed by atoms with Crippen molar-refractivity contribution in [3.05, 3.63) is 59.1 Å². The summed E-state index contributed by atoms with van der Waals surface area (Å²) in [6.45, 7) is 0. The van der Waals surface area contributed by atoms with Gasteiger partial charge in [-0.25, -0.2) is 8.42 Å². The second kappa shape index (κ2) is 6.28. The van der Waals surface area contributed by atoms with E-state index in [1.807, 2.05) is 0 Å². The number of benzene rings is 2. The number of carbonyl (C=O) groups excluding carboxylic acids is 1. The lowest BCUT2D eigenvalue weighted by atomic mass is 10.1. The molecule has 4 nitrogen and oxygen atoms in total. The maximum Gasteiger partial charge on any atom is 0.185 e. The number of ketones is 1. The van der Waals surface area contributed by atoms with E-state index >= 15 is 0 Å². The third-order valence-corrected chi connectivity index (χ3v) is 4.88. The van der Waals surface area contributed by atoms with Crippen LogP contribution < -0.4 is 4.74 Å². The molecule has 0 bridgehead atoms. The molecule has 0 saturated carbocycles. The molecule has 110 valence electrons. The van der Waals surface area contributed by atoms with Gasteiger partial charge in [-0.1, -0.05) is 23.7 Å². The lowest BCUT2D eigenvalue weighted by Crippen LogP contribution is -2.16. The zero-order valence-electron chi connectivity index (χ0n) is 11.2. The predicted molar refractivity (Wildman–Crippen MR) is 80.8 cm³/mol. The van der Waals surface area contributed by atoms with E-state index in [4.69, 9.17) is 16.3 Å². The van der Waals surface area contributed by atoms with Crippen LogP contribution in [0.5, 0.6) is 5.75 Å². The van der Waals surface area contributed by atoms with Crippen molar-refractivity contribution in [3.8, 4) is 5.75 Å². The first-order valence-corrected chi connectivity index (χ1v) is 8.11. The van der Waals surface area contributed by atoms with E-state index in [2.05, 4.69) is 0 Å². The Labute approximate surface area is 128 Å². The van der Waals surface area contributed by atoms with Crippen LogP contribution in [0.1, 0.15) is 10.4 Å². The third-order valence-electron chi connectivity index (χ3n) is 2.91. The highest BCUT2D eigenvalue weighted by Gasteiger charge is 2.21. The number of carbonyl (C=O) groups is 1. The van der Waals surface area contributed by atoms with Gasteiger partial charge in [-0.3, -0.25) is 4.79 Å². The van der Waals surface area contributed by atoms with Crippen molar-refractivity contribution in [1.82, 2.24) is 0 Å². The number of hydrogen-bond acceptors (Lipinski definition) is 4. The second-order valence-corrected chi connectivity index (χ2v) is 6.73. The van der Waals surface area contributed by atoms with Gasteiger partial charge in [-0.15, -0.1) is 0 Å². The molecule has 2 aromatic rings. The van der Waals surface area contributed by atoms with Gasteiger partial charge >= 0.3 is 0 Å². The van der Waals surface area contributed by atoms with Gasteiger partial charge in [0.2, 0.25) is 0 Å². The average Bonchev–Trinajstić information content (AvgIpc) is 2.47. The van der Waals surface area contributed by atoms with Gasteiger partial charge in [-0.05, 0) is 36.4 Å². The second-order valence-electron chi connectivity index (χ2n) is 4.34. The summed E-state index contributed by atoms with van der Waals surface area (Å²) in [7, 11) is -2.22. The van der Waals surface area contributed by atoms with E-state index in [1.165, 1.54) is 37.4 Å². The van der Waals surface area contributed by atoms with E-state index < -0.39 is 21.4 Å². The Morgan fingerprint density at radius 2 is 1.71 bits per heavy atom. The Balaban J connectivity index is 2.24. The number of methoxy groups -OCH3 is 1. The Morgan fingerprint density at radius 1 is 1.10 bits per heavy atom. The van der Waals surface area contributed by atoms with Crippen molar-refractivity contribution in [2.24, 2.45) is 0 Å². The summed E-state index contributed by atoms with van der Waals surface area (Å²) in [5, 5.41) is 0.243. The Bertz CT molecular complexity index is 751. The van der Waals surface area contributed by atoms with Crippen LogP contribution in [0.25, 0.3) is 0 Å². The topological polar surface area (TPSA) is 60.4 Å². The van der Waals surface area contributed by atoms with Crippen LogP contribution in [0, 0.1) is 0 Å². The first kappa shape index (κ1) is 15.5. The van der Waals surface area contributed by atoms with E-state index in [0.29, 0.717) is 5.75 Å². The fraction of sp³-hybridized carbons (Fsp3) is 0.133. The van der Waals surface area contributed by atoms with Gasteiger partial charge in [0, 0.05) is 5.56 Å². The quantitative estimate of drug-likeness (QED) is 0.793. The van der Waals surface area contributed by atoms with Crippen molar-refractivity contribution >= 4 is 27.2 Å². The fourth-order valence-electron chi connectivity index (χ4n) is 1.80. The number of rotatable bonds is 5. The molecule has 6 heteroatoms. The summed E-state index contributed by atoms with van der Waals surface area (Å²) in [5.74, 6) is -0.605. The smallest absolute Gasteiger partial charge is 0.185 e. The lowest BCUT2D eigenvalue weighted by Gasteiger charge is -2.06. The summed E-state index contributed by atoms with van der Waals surface area (Å²) in [4.78, 5) is 12.2. The number of sulfone groups is 1. The van der Waals surface area contributed by atoms with Crippen molar-refractivity contribution < 1.29 is 17.9 Å². The van der Waals surface area contributed by atoms with Crippen LogP contribution in [0.3, 0.4) is 0 Å². The number of hydrogen-bond donors (Lipinski definition) is 0. The van der Waals surface area contributed by atoms with E-state index in [0.717, 1.165) is 0 Å². The van der Waals surface area contributed by atoms with Crippen LogP contribution >= 0.6 is 11.6 Å². The molecule has 0 amide bonds. The highest BCUT2D eigenvalue weighted by molar-refractivity contribution is 7.92. The maximum absolute atomic E-state index is 12.2. The van der Waals surface area contributed by atoms with Crippen LogP contribution in [-0.4, -0.2) is 27.1 Å².